The van der Waals surface area contributed by atoms with E-state index in [0.717, 1.165) is 10.1 Å². The van der Waals surface area contributed by atoms with Crippen molar-refractivity contribution < 1.29 is 4.74 Å². The van der Waals surface area contributed by atoms with E-state index in [4.69, 9.17) is 4.74 Å². The maximum atomic E-state index is 4.85. The minimum absolute atomic E-state index is 0.793. The highest BCUT2D eigenvalue weighted by Gasteiger charge is 1.92. The van der Waals surface area contributed by atoms with E-state index >= 15 is 0 Å². The molecule has 1 aromatic heterocycles. The molecule has 1 heterocycles. The minimum atomic E-state index is 0.793. The lowest BCUT2D eigenvalue weighted by atomic mass is 10.8. The number of hydrogen-bond acceptors (Lipinski definition) is 3. The summed E-state index contributed by atoms with van der Waals surface area (Å²) < 4.78 is 4.85. The number of nitrogens with zero attached hydrogens (tertiary/aromatic N) is 1. The summed E-state index contributed by atoms with van der Waals surface area (Å²) in [6.07, 6.45) is 1.66. The first kappa shape index (κ1) is 5.56. The molecule has 1 aromatic rings. The highest BCUT2D eigenvalue weighted by Crippen LogP contribution is 2.18. The summed E-state index contributed by atoms with van der Waals surface area (Å²) in [5.41, 5.74) is 0. The van der Waals surface area contributed by atoms with Gasteiger partial charge in [-0.15, -0.1) is 0 Å². The van der Waals surface area contributed by atoms with Gasteiger partial charge in [-0.25, -0.2) is 4.98 Å². The van der Waals surface area contributed by atoms with Crippen molar-refractivity contribution in [1.29, 1.82) is 0 Å². The second kappa shape index (κ2) is 2.13. The summed E-state index contributed by atoms with van der Waals surface area (Å²) in [6.45, 7) is 3.62. The topological polar surface area (TPSA) is 22.1 Å². The van der Waals surface area contributed by atoms with Crippen LogP contribution in [0.15, 0.2) is 6.20 Å². The van der Waals surface area contributed by atoms with E-state index in [-0.39, 0.29) is 0 Å². The van der Waals surface area contributed by atoms with Gasteiger partial charge in [0.15, 0.2) is 5.06 Å². The molecule has 0 aromatic carbocycles. The molecule has 0 fully saturated rings. The van der Waals surface area contributed by atoms with Gasteiger partial charge in [0.2, 0.25) is 0 Å². The Morgan fingerprint density at radius 2 is 2.62 bits per heavy atom. The first-order valence-corrected chi connectivity index (χ1v) is 2.96. The number of ether oxygens (including phenoxy) is 1. The standard InChI is InChI=1S/C5H6NOS/c1-4-6-3-5(7-2)8-4/h3H,1H2,2H3. The lowest BCUT2D eigenvalue weighted by Crippen LogP contribution is -1.73. The molecule has 8 heavy (non-hydrogen) atoms. The van der Waals surface area contributed by atoms with Crippen molar-refractivity contribution in [2.24, 2.45) is 0 Å². The Hall–Kier alpha value is -0.570. The average Bonchev–Trinajstić information content (AvgIpc) is 2.14. The van der Waals surface area contributed by atoms with Crippen LogP contribution in [0.25, 0.3) is 0 Å². The molecule has 0 atom stereocenters. The molecule has 0 saturated carbocycles. The summed E-state index contributed by atoms with van der Waals surface area (Å²) in [5.74, 6) is 0. The second-order valence-corrected chi connectivity index (χ2v) is 2.35. The first-order valence-electron chi connectivity index (χ1n) is 2.14. The third kappa shape index (κ3) is 0.980. The molecule has 2 nitrogen and oxygen atoms in total. The van der Waals surface area contributed by atoms with Crippen LogP contribution in [-0.4, -0.2) is 12.1 Å². The lowest BCUT2D eigenvalue weighted by Gasteiger charge is -1.85. The fraction of sp³-hybridized carbons (Fsp3) is 0.200. The molecule has 0 aliphatic rings. The fourth-order valence-corrected chi connectivity index (χ4v) is 0.914. The highest BCUT2D eigenvalue weighted by atomic mass is 32.1. The number of hydrogen-bond donors (Lipinski definition) is 0. The third-order valence-corrected chi connectivity index (χ3v) is 1.55. The Bertz CT molecular complexity index is 173. The van der Waals surface area contributed by atoms with E-state index in [2.05, 4.69) is 11.9 Å². The van der Waals surface area contributed by atoms with Crippen molar-refractivity contribution >= 4 is 11.3 Å². The molecule has 1 radical (unpaired) electrons. The van der Waals surface area contributed by atoms with Crippen molar-refractivity contribution in [1.82, 2.24) is 4.98 Å². The maximum Gasteiger partial charge on any atom is 0.193 e. The number of methoxy groups -OCH3 is 1. The molecule has 1 rings (SSSR count). The molecule has 3 heteroatoms. The molecule has 0 aliphatic heterocycles. The Balaban J connectivity index is 2.84. The third-order valence-electron chi connectivity index (χ3n) is 0.734. The molecule has 0 unspecified atom stereocenters. The van der Waals surface area contributed by atoms with E-state index in [1.165, 1.54) is 11.3 Å². The van der Waals surface area contributed by atoms with Crippen LogP contribution in [0.1, 0.15) is 5.01 Å². The van der Waals surface area contributed by atoms with Gasteiger partial charge in [0.25, 0.3) is 0 Å². The Kier molecular flexibility index (Phi) is 1.48. The van der Waals surface area contributed by atoms with E-state index in [1.807, 2.05) is 0 Å². The molecule has 0 N–H and O–H groups in total. The number of aromatic nitrogens is 1. The van der Waals surface area contributed by atoms with Crippen molar-refractivity contribution in [3.8, 4) is 5.06 Å². The SMILES string of the molecule is [CH2]c1ncc(OC)s1. The molecule has 0 amide bonds. The zero-order valence-corrected chi connectivity index (χ0v) is 5.36. The zero-order valence-electron chi connectivity index (χ0n) is 4.55. The fourth-order valence-electron chi connectivity index (χ4n) is 0.388. The maximum absolute atomic E-state index is 4.85. The van der Waals surface area contributed by atoms with E-state index in [9.17, 15) is 0 Å². The van der Waals surface area contributed by atoms with E-state index in [1.54, 1.807) is 13.3 Å². The quantitative estimate of drug-likeness (QED) is 0.569. The molecular weight excluding hydrogens is 122 g/mol. The van der Waals surface area contributed by atoms with Crippen LogP contribution in [0, 0.1) is 6.92 Å². The van der Waals surface area contributed by atoms with Crippen molar-refractivity contribution in [3.05, 3.63) is 18.1 Å². The van der Waals surface area contributed by atoms with Crippen LogP contribution in [0.3, 0.4) is 0 Å². The molecule has 0 saturated heterocycles. The first-order chi connectivity index (χ1) is 3.83. The normalized spacial score (nSPS) is 9.25. The van der Waals surface area contributed by atoms with Gasteiger partial charge in [0, 0.05) is 6.92 Å². The van der Waals surface area contributed by atoms with Gasteiger partial charge in [-0.05, 0) is 0 Å². The van der Waals surface area contributed by atoms with Gasteiger partial charge in [-0.1, -0.05) is 11.3 Å². The predicted molar refractivity (Wildman–Crippen MR) is 33.1 cm³/mol. The molecular formula is C5H6NOS. The van der Waals surface area contributed by atoms with E-state index < -0.39 is 0 Å². The summed E-state index contributed by atoms with van der Waals surface area (Å²) >= 11 is 1.44. The predicted octanol–water partition coefficient (Wildman–Crippen LogP) is 1.33. The van der Waals surface area contributed by atoms with Gasteiger partial charge in [0.1, 0.15) is 0 Å². The smallest absolute Gasteiger partial charge is 0.193 e. The largest absolute Gasteiger partial charge is 0.486 e. The van der Waals surface area contributed by atoms with Crippen LogP contribution >= 0.6 is 11.3 Å². The monoisotopic (exact) mass is 128 g/mol. The Labute approximate surface area is 52.1 Å². The van der Waals surface area contributed by atoms with Crippen molar-refractivity contribution in [2.75, 3.05) is 7.11 Å². The van der Waals surface area contributed by atoms with Gasteiger partial charge >= 0.3 is 0 Å². The van der Waals surface area contributed by atoms with Gasteiger partial charge in [-0.2, -0.15) is 0 Å². The molecule has 0 aliphatic carbocycles. The molecule has 0 bridgehead atoms. The molecule has 0 spiro atoms. The van der Waals surface area contributed by atoms with Crippen LogP contribution in [-0.2, 0) is 0 Å². The van der Waals surface area contributed by atoms with Crippen LogP contribution < -0.4 is 4.74 Å². The lowest BCUT2D eigenvalue weighted by molar-refractivity contribution is 0.426. The van der Waals surface area contributed by atoms with Crippen molar-refractivity contribution in [2.45, 2.75) is 0 Å². The minimum Gasteiger partial charge on any atom is -0.486 e. The second-order valence-electron chi connectivity index (χ2n) is 1.28. The van der Waals surface area contributed by atoms with E-state index in [0.29, 0.717) is 0 Å². The zero-order chi connectivity index (χ0) is 5.98. The van der Waals surface area contributed by atoms with Gasteiger partial charge in [0.05, 0.1) is 18.3 Å². The summed E-state index contributed by atoms with van der Waals surface area (Å²) in [5, 5.41) is 1.61. The Morgan fingerprint density at radius 3 is 2.88 bits per heavy atom. The van der Waals surface area contributed by atoms with Gasteiger partial charge < -0.3 is 4.74 Å². The number of rotatable bonds is 1. The number of thiazole rings is 1. The van der Waals surface area contributed by atoms with Crippen LogP contribution in [0.4, 0.5) is 0 Å². The highest BCUT2D eigenvalue weighted by molar-refractivity contribution is 7.13. The Morgan fingerprint density at radius 1 is 1.88 bits per heavy atom. The molecule has 43 valence electrons. The van der Waals surface area contributed by atoms with Crippen molar-refractivity contribution in [3.63, 3.8) is 0 Å². The van der Waals surface area contributed by atoms with Crippen LogP contribution in [0.2, 0.25) is 0 Å². The van der Waals surface area contributed by atoms with Crippen LogP contribution in [0.5, 0.6) is 5.06 Å². The van der Waals surface area contributed by atoms with Gasteiger partial charge in [-0.3, -0.25) is 0 Å². The summed E-state index contributed by atoms with van der Waals surface area (Å²) in [7, 11) is 1.62. The summed E-state index contributed by atoms with van der Waals surface area (Å²) in [4.78, 5) is 3.87. The summed E-state index contributed by atoms with van der Waals surface area (Å²) in [6, 6.07) is 0. The average molecular weight is 128 g/mol.